The van der Waals surface area contributed by atoms with Gasteiger partial charge in [-0.1, -0.05) is 50.8 Å². The molecule has 5 rings (SSSR count). The number of alkyl halides is 2. The predicted molar refractivity (Wildman–Crippen MR) is 137 cm³/mol. The Morgan fingerprint density at radius 1 is 1.00 bits per heavy atom. The summed E-state index contributed by atoms with van der Waals surface area (Å²) in [5.41, 5.74) is 1.67. The molecule has 3 N–H and O–H groups in total. The minimum absolute atomic E-state index is 0.121. The number of hydrogen-bond acceptors (Lipinski definition) is 5. The Balaban J connectivity index is 0.000000195. The molecule has 2 saturated carbocycles. The van der Waals surface area contributed by atoms with Crippen molar-refractivity contribution in [2.24, 2.45) is 0 Å². The van der Waals surface area contributed by atoms with Crippen molar-refractivity contribution in [3.8, 4) is 0 Å². The minimum atomic E-state index is -2.57. The van der Waals surface area contributed by atoms with Gasteiger partial charge < -0.3 is 10.0 Å². The summed E-state index contributed by atoms with van der Waals surface area (Å²) in [4.78, 5) is 36.8. The van der Waals surface area contributed by atoms with Gasteiger partial charge in [0.05, 0.1) is 0 Å². The zero-order valence-electron chi connectivity index (χ0n) is 22.2. The molecule has 9 heteroatoms. The van der Waals surface area contributed by atoms with Gasteiger partial charge in [-0.2, -0.15) is 0 Å². The Hall–Kier alpha value is -2.39. The van der Waals surface area contributed by atoms with E-state index in [1.54, 1.807) is 11.0 Å². The second kappa shape index (κ2) is 12.4. The lowest BCUT2D eigenvalue weighted by atomic mass is 9.86. The van der Waals surface area contributed by atoms with Crippen LogP contribution in [0.25, 0.3) is 0 Å². The van der Waals surface area contributed by atoms with Gasteiger partial charge in [0.15, 0.2) is 0 Å². The van der Waals surface area contributed by atoms with E-state index in [1.165, 1.54) is 19.3 Å². The molecule has 0 radical (unpaired) electrons. The molecule has 1 saturated heterocycles. The summed E-state index contributed by atoms with van der Waals surface area (Å²) in [6, 6.07) is 5.46. The van der Waals surface area contributed by atoms with Crippen LogP contribution in [0.15, 0.2) is 18.2 Å². The van der Waals surface area contributed by atoms with Crippen LogP contribution in [0.1, 0.15) is 106 Å². The maximum absolute atomic E-state index is 13.0. The molecule has 1 aromatic carbocycles. The van der Waals surface area contributed by atoms with Crippen molar-refractivity contribution in [2.45, 2.75) is 122 Å². The lowest BCUT2D eigenvalue weighted by Crippen LogP contribution is -2.54. The summed E-state index contributed by atoms with van der Waals surface area (Å²) in [6.45, 7) is 6.42. The third-order valence-corrected chi connectivity index (χ3v) is 7.57. The molecule has 1 unspecified atom stereocenters. The Kier molecular flexibility index (Phi) is 9.80. The van der Waals surface area contributed by atoms with Gasteiger partial charge in [-0.05, 0) is 50.7 Å². The highest BCUT2D eigenvalue weighted by Gasteiger charge is 2.43. The number of imide groups is 1. The van der Waals surface area contributed by atoms with Crippen LogP contribution in [0.5, 0.6) is 0 Å². The molecule has 0 aromatic heterocycles. The van der Waals surface area contributed by atoms with Gasteiger partial charge in [0, 0.05) is 37.4 Å². The maximum atomic E-state index is 13.0. The second-order valence-corrected chi connectivity index (χ2v) is 10.4. The van der Waals surface area contributed by atoms with Crippen LogP contribution >= 0.6 is 0 Å². The van der Waals surface area contributed by atoms with Gasteiger partial charge in [-0.3, -0.25) is 25.0 Å². The zero-order chi connectivity index (χ0) is 27.2. The molecule has 1 atom stereocenters. The summed E-state index contributed by atoms with van der Waals surface area (Å²) in [5, 5.41) is 15.7. The Labute approximate surface area is 218 Å². The number of carbonyl (C=O) groups is 3. The van der Waals surface area contributed by atoms with Crippen LogP contribution in [0, 0.1) is 6.92 Å². The lowest BCUT2D eigenvalue weighted by Gasteiger charge is -2.40. The van der Waals surface area contributed by atoms with Crippen molar-refractivity contribution < 1.29 is 28.3 Å². The molecular formula is C28H41F2N3O4. The van der Waals surface area contributed by atoms with Crippen LogP contribution in [-0.4, -0.2) is 51.5 Å². The number of carbonyl (C=O) groups excluding carboxylic acids is 3. The molecule has 0 bridgehead atoms. The molecule has 206 valence electrons. The average molecular weight is 522 g/mol. The van der Waals surface area contributed by atoms with Crippen molar-refractivity contribution >= 4 is 17.7 Å². The highest BCUT2D eigenvalue weighted by Crippen LogP contribution is 2.38. The van der Waals surface area contributed by atoms with Gasteiger partial charge in [0.1, 0.15) is 11.8 Å². The van der Waals surface area contributed by atoms with E-state index in [-0.39, 0.29) is 49.8 Å². The van der Waals surface area contributed by atoms with Crippen LogP contribution < -0.4 is 10.6 Å². The standard InChI is InChI=1S/C14H14N2O3.C12H21F2NO.C2H6/c1-8-2-3-10-9(6-8)7-16(14(10)19)11-4-5-12(17)15-13(11)18;13-11(14)6-8-12(16,9-7-11)15-10-4-2-1-3-5-10;1-2/h2-3,6,11H,4-5,7H2,1H3,(H,15,17,18);10,15-16H,1-9H2;1-2H3. The smallest absolute Gasteiger partial charge is 0.255 e. The van der Waals surface area contributed by atoms with Gasteiger partial charge in [0.2, 0.25) is 17.7 Å². The van der Waals surface area contributed by atoms with Crippen molar-refractivity contribution in [3.63, 3.8) is 0 Å². The molecule has 0 spiro atoms. The molecule has 37 heavy (non-hydrogen) atoms. The third kappa shape index (κ3) is 7.57. The number of aliphatic hydroxyl groups is 1. The monoisotopic (exact) mass is 521 g/mol. The van der Waals surface area contributed by atoms with Gasteiger partial charge in [-0.15, -0.1) is 0 Å². The van der Waals surface area contributed by atoms with E-state index in [9.17, 15) is 28.3 Å². The number of hydrogen-bond donors (Lipinski definition) is 3. The number of nitrogens with zero attached hydrogens (tertiary/aromatic N) is 1. The number of nitrogens with one attached hydrogen (secondary N) is 2. The molecule has 4 aliphatic rings. The summed E-state index contributed by atoms with van der Waals surface area (Å²) in [5.74, 6) is -3.32. The van der Waals surface area contributed by atoms with E-state index in [4.69, 9.17) is 0 Å². The van der Waals surface area contributed by atoms with Crippen molar-refractivity contribution in [2.75, 3.05) is 0 Å². The topological polar surface area (TPSA) is 98.7 Å². The molecule has 1 aromatic rings. The molecule has 2 heterocycles. The first-order chi connectivity index (χ1) is 17.6. The largest absolute Gasteiger partial charge is 0.376 e. The Morgan fingerprint density at radius 2 is 1.65 bits per heavy atom. The van der Waals surface area contributed by atoms with Gasteiger partial charge >= 0.3 is 0 Å². The summed E-state index contributed by atoms with van der Waals surface area (Å²) < 4.78 is 26.0. The van der Waals surface area contributed by atoms with Gasteiger partial charge in [0.25, 0.3) is 5.91 Å². The number of fused-ring (bicyclic) bond motifs is 1. The Morgan fingerprint density at radius 3 is 2.27 bits per heavy atom. The van der Waals surface area contributed by atoms with E-state index in [0.717, 1.165) is 24.0 Å². The molecule has 2 aliphatic carbocycles. The van der Waals surface area contributed by atoms with Crippen molar-refractivity contribution in [1.29, 1.82) is 0 Å². The maximum Gasteiger partial charge on any atom is 0.255 e. The summed E-state index contributed by atoms with van der Waals surface area (Å²) >= 11 is 0. The second-order valence-electron chi connectivity index (χ2n) is 10.4. The fourth-order valence-electron chi connectivity index (χ4n) is 5.50. The van der Waals surface area contributed by atoms with Crippen LogP contribution in [0.3, 0.4) is 0 Å². The van der Waals surface area contributed by atoms with E-state index in [0.29, 0.717) is 24.6 Å². The highest BCUT2D eigenvalue weighted by atomic mass is 19.3. The third-order valence-electron chi connectivity index (χ3n) is 7.57. The average Bonchev–Trinajstić information content (AvgIpc) is 3.19. The SMILES string of the molecule is CC.Cc1ccc2c(c1)CN(C1CCC(=O)NC1=O)C2=O.OC1(NC2CCCCC2)CCC(F)(F)CC1. The van der Waals surface area contributed by atoms with Crippen molar-refractivity contribution in [3.05, 3.63) is 34.9 Å². The van der Waals surface area contributed by atoms with E-state index < -0.39 is 17.7 Å². The first kappa shape index (κ1) is 29.2. The summed E-state index contributed by atoms with van der Waals surface area (Å²) in [7, 11) is 0. The first-order valence-electron chi connectivity index (χ1n) is 13.7. The number of benzene rings is 1. The predicted octanol–water partition coefficient (Wildman–Crippen LogP) is 4.59. The van der Waals surface area contributed by atoms with E-state index in [2.05, 4.69) is 10.6 Å². The highest BCUT2D eigenvalue weighted by molar-refractivity contribution is 6.05. The van der Waals surface area contributed by atoms with Crippen LogP contribution in [-0.2, 0) is 16.1 Å². The Bertz CT molecular complexity index is 968. The minimum Gasteiger partial charge on any atom is -0.376 e. The number of amides is 3. The number of halogens is 2. The number of piperidine rings is 1. The van der Waals surface area contributed by atoms with E-state index >= 15 is 0 Å². The fourth-order valence-corrected chi connectivity index (χ4v) is 5.50. The quantitative estimate of drug-likeness (QED) is 0.399. The van der Waals surface area contributed by atoms with Crippen molar-refractivity contribution in [1.82, 2.24) is 15.5 Å². The van der Waals surface area contributed by atoms with E-state index in [1.807, 2.05) is 32.9 Å². The van der Waals surface area contributed by atoms with Crippen LogP contribution in [0.4, 0.5) is 8.78 Å². The number of rotatable bonds is 3. The lowest BCUT2D eigenvalue weighted by molar-refractivity contribution is -0.136. The van der Waals surface area contributed by atoms with Crippen LogP contribution in [0.2, 0.25) is 0 Å². The molecule has 3 fully saturated rings. The molecule has 2 aliphatic heterocycles. The zero-order valence-corrected chi connectivity index (χ0v) is 22.2. The normalized spacial score (nSPS) is 24.8. The first-order valence-corrected chi connectivity index (χ1v) is 13.7. The summed E-state index contributed by atoms with van der Waals surface area (Å²) in [6.07, 6.45) is 6.43. The van der Waals surface area contributed by atoms with Gasteiger partial charge in [-0.25, -0.2) is 8.78 Å². The number of aryl methyl sites for hydroxylation is 1. The molecule has 3 amide bonds. The fraction of sp³-hybridized carbons (Fsp3) is 0.679. The molecular weight excluding hydrogens is 480 g/mol. The molecule has 7 nitrogen and oxygen atoms in total.